The molecule has 11 heteroatoms. The van der Waals surface area contributed by atoms with Gasteiger partial charge in [0.25, 0.3) is 11.8 Å². The van der Waals surface area contributed by atoms with Crippen LogP contribution in [0.1, 0.15) is 16.7 Å². The van der Waals surface area contributed by atoms with E-state index in [9.17, 15) is 29.4 Å². The summed E-state index contributed by atoms with van der Waals surface area (Å²) < 4.78 is 6.55. The molecular formula is C33H28N4O7. The van der Waals surface area contributed by atoms with E-state index < -0.39 is 29.7 Å². The molecule has 5 aromatic rings. The van der Waals surface area contributed by atoms with Gasteiger partial charge in [-0.25, -0.2) is 4.79 Å². The summed E-state index contributed by atoms with van der Waals surface area (Å²) in [6.07, 6.45) is 3.40. The van der Waals surface area contributed by atoms with Gasteiger partial charge in [0.05, 0.1) is 18.3 Å². The van der Waals surface area contributed by atoms with E-state index in [0.29, 0.717) is 27.6 Å². The molecule has 0 unspecified atom stereocenters. The number of carbonyl (C=O) groups excluding carboxylic acids is 4. The molecule has 0 bridgehead atoms. The van der Waals surface area contributed by atoms with E-state index in [0.717, 1.165) is 15.8 Å². The van der Waals surface area contributed by atoms with Crippen molar-refractivity contribution in [1.29, 1.82) is 0 Å². The summed E-state index contributed by atoms with van der Waals surface area (Å²) in [5.74, 6) is -2.73. The zero-order valence-electron chi connectivity index (χ0n) is 23.8. The van der Waals surface area contributed by atoms with Crippen molar-refractivity contribution in [2.45, 2.75) is 19.0 Å². The minimum Gasteiger partial charge on any atom is -0.504 e. The molecule has 0 spiro atoms. The zero-order valence-corrected chi connectivity index (χ0v) is 23.8. The van der Waals surface area contributed by atoms with Gasteiger partial charge in [0.2, 0.25) is 5.91 Å². The lowest BCUT2D eigenvalue weighted by Gasteiger charge is -2.17. The maximum absolute atomic E-state index is 13.6. The summed E-state index contributed by atoms with van der Waals surface area (Å²) in [6.45, 7) is -0.206. The average molecular weight is 593 g/mol. The Morgan fingerprint density at radius 3 is 2.32 bits per heavy atom. The van der Waals surface area contributed by atoms with Crippen LogP contribution >= 0.6 is 0 Å². The normalized spacial score (nSPS) is 14.1. The first-order valence-electron chi connectivity index (χ1n) is 13.8. The molecule has 44 heavy (non-hydrogen) atoms. The Morgan fingerprint density at radius 1 is 0.909 bits per heavy atom. The summed E-state index contributed by atoms with van der Waals surface area (Å²) in [5.41, 5.74) is 3.58. The predicted molar refractivity (Wildman–Crippen MR) is 162 cm³/mol. The first kappa shape index (κ1) is 28.3. The standard InChI is InChI=1S/C33H28N4O7/c1-36-31(41)29(21-15-34-23-9-5-3-7-19(21)23)30(32(36)42)22-16-37(25-10-6-4-8-20(22)25)17-28(40)35-24(33(43)44-2)13-18-11-12-26(38)27(39)14-18/h3-12,14-16,24,34,38-39H,13,17H2,1-2H3,(H,35,40)/t24-/m1/s1. The monoisotopic (exact) mass is 592 g/mol. The van der Waals surface area contributed by atoms with Crippen molar-refractivity contribution >= 4 is 56.6 Å². The van der Waals surface area contributed by atoms with Crippen molar-refractivity contribution in [1.82, 2.24) is 19.8 Å². The lowest BCUT2D eigenvalue weighted by atomic mass is 9.95. The van der Waals surface area contributed by atoms with Gasteiger partial charge < -0.3 is 29.8 Å². The Labute approximate surface area is 251 Å². The molecule has 0 aliphatic carbocycles. The number of nitrogens with one attached hydrogen (secondary N) is 2. The summed E-state index contributed by atoms with van der Waals surface area (Å²) in [4.78, 5) is 57.2. The molecule has 3 aromatic carbocycles. The van der Waals surface area contributed by atoms with Crippen molar-refractivity contribution in [3.63, 3.8) is 0 Å². The molecular weight excluding hydrogens is 564 g/mol. The van der Waals surface area contributed by atoms with Gasteiger partial charge in [-0.3, -0.25) is 19.3 Å². The topological polar surface area (TPSA) is 154 Å². The van der Waals surface area contributed by atoms with Gasteiger partial charge in [-0.15, -0.1) is 0 Å². The average Bonchev–Trinajstić information content (AvgIpc) is 3.67. The van der Waals surface area contributed by atoms with Gasteiger partial charge in [-0.2, -0.15) is 0 Å². The Hall–Kier alpha value is -5.84. The molecule has 3 amide bonds. The summed E-state index contributed by atoms with van der Waals surface area (Å²) in [5, 5.41) is 23.6. The number of likely N-dealkylation sites (N-methyl/N-ethyl adjacent to an activating group) is 1. The number of carbonyl (C=O) groups is 4. The molecule has 0 saturated carbocycles. The van der Waals surface area contributed by atoms with Crippen molar-refractivity contribution in [3.8, 4) is 11.5 Å². The van der Waals surface area contributed by atoms with E-state index in [-0.39, 0.29) is 35.6 Å². The number of methoxy groups -OCH3 is 1. The number of H-pyrrole nitrogens is 1. The summed E-state index contributed by atoms with van der Waals surface area (Å²) in [7, 11) is 2.65. The number of ether oxygens (including phenoxy) is 1. The number of benzene rings is 3. The van der Waals surface area contributed by atoms with E-state index in [2.05, 4.69) is 10.3 Å². The number of amides is 3. The highest BCUT2D eigenvalue weighted by Crippen LogP contribution is 2.40. The molecule has 1 atom stereocenters. The van der Waals surface area contributed by atoms with Crippen LogP contribution in [0, 0.1) is 0 Å². The maximum atomic E-state index is 13.6. The lowest BCUT2D eigenvalue weighted by Crippen LogP contribution is -2.44. The third kappa shape index (κ3) is 4.83. The largest absolute Gasteiger partial charge is 0.504 e. The number of para-hydroxylation sites is 2. The highest BCUT2D eigenvalue weighted by Gasteiger charge is 2.39. The van der Waals surface area contributed by atoms with Crippen LogP contribution < -0.4 is 5.32 Å². The van der Waals surface area contributed by atoms with Crippen molar-refractivity contribution < 1.29 is 34.1 Å². The number of fused-ring (bicyclic) bond motifs is 2. The second-order valence-electron chi connectivity index (χ2n) is 10.5. The maximum Gasteiger partial charge on any atom is 0.328 e. The minimum atomic E-state index is -1.07. The van der Waals surface area contributed by atoms with Gasteiger partial charge in [0, 0.05) is 58.8 Å². The van der Waals surface area contributed by atoms with Gasteiger partial charge in [0.1, 0.15) is 12.6 Å². The zero-order chi connectivity index (χ0) is 31.1. The molecule has 1 aliphatic heterocycles. The van der Waals surface area contributed by atoms with Crippen LogP contribution in [0.2, 0.25) is 0 Å². The van der Waals surface area contributed by atoms with Crippen molar-refractivity contribution in [2.24, 2.45) is 0 Å². The predicted octanol–water partition coefficient (Wildman–Crippen LogP) is 3.34. The number of rotatable bonds is 8. The fourth-order valence-electron chi connectivity index (χ4n) is 5.66. The molecule has 3 heterocycles. The van der Waals surface area contributed by atoms with Gasteiger partial charge in [-0.05, 0) is 29.8 Å². The van der Waals surface area contributed by atoms with E-state index >= 15 is 0 Å². The molecule has 0 fully saturated rings. The van der Waals surface area contributed by atoms with Gasteiger partial charge in [0.15, 0.2) is 11.5 Å². The van der Waals surface area contributed by atoms with Crippen LogP contribution in [0.25, 0.3) is 33.0 Å². The fraction of sp³-hybridized carbons (Fsp3) is 0.152. The van der Waals surface area contributed by atoms with E-state index in [1.807, 2.05) is 36.4 Å². The fourth-order valence-corrected chi connectivity index (χ4v) is 5.66. The molecule has 0 saturated heterocycles. The van der Waals surface area contributed by atoms with Crippen LogP contribution in [-0.2, 0) is 36.9 Å². The number of phenolic OH excluding ortho intramolecular Hbond substituents is 2. The number of nitrogens with zero attached hydrogens (tertiary/aromatic N) is 2. The molecule has 0 radical (unpaired) electrons. The second kappa shape index (κ2) is 11.1. The van der Waals surface area contributed by atoms with Crippen molar-refractivity contribution in [3.05, 3.63) is 95.8 Å². The van der Waals surface area contributed by atoms with Crippen LogP contribution in [0.15, 0.2) is 79.1 Å². The number of hydrogen-bond donors (Lipinski definition) is 4. The Balaban J connectivity index is 1.37. The smallest absolute Gasteiger partial charge is 0.328 e. The number of aromatic hydroxyl groups is 2. The van der Waals surface area contributed by atoms with Crippen LogP contribution in [0.4, 0.5) is 0 Å². The SMILES string of the molecule is COC(=O)[C@@H](Cc1ccc(O)c(O)c1)NC(=O)Cn1cc(C2=C(c3c[nH]c4ccccc34)C(=O)N(C)C2=O)c2ccccc21. The summed E-state index contributed by atoms with van der Waals surface area (Å²) >= 11 is 0. The van der Waals surface area contributed by atoms with E-state index in [4.69, 9.17) is 4.74 Å². The Kier molecular flexibility index (Phi) is 7.14. The number of imide groups is 1. The molecule has 6 rings (SSSR count). The van der Waals surface area contributed by atoms with Gasteiger partial charge in [-0.1, -0.05) is 42.5 Å². The number of hydrogen-bond acceptors (Lipinski definition) is 7. The number of aromatic nitrogens is 2. The first-order valence-corrected chi connectivity index (χ1v) is 13.8. The molecule has 4 N–H and O–H groups in total. The Bertz CT molecular complexity index is 2020. The van der Waals surface area contributed by atoms with E-state index in [1.165, 1.54) is 32.4 Å². The quantitative estimate of drug-likeness (QED) is 0.122. The van der Waals surface area contributed by atoms with Crippen molar-refractivity contribution in [2.75, 3.05) is 14.2 Å². The minimum absolute atomic E-state index is 0.00768. The van der Waals surface area contributed by atoms with Gasteiger partial charge >= 0.3 is 5.97 Å². The molecule has 2 aromatic heterocycles. The number of esters is 1. The number of aromatic amines is 1. The third-order valence-electron chi connectivity index (χ3n) is 7.82. The van der Waals surface area contributed by atoms with E-state index in [1.54, 1.807) is 29.1 Å². The lowest BCUT2D eigenvalue weighted by molar-refractivity contribution is -0.145. The highest BCUT2D eigenvalue weighted by atomic mass is 16.5. The Morgan fingerprint density at radius 2 is 1.59 bits per heavy atom. The van der Waals surface area contributed by atoms with Crippen LogP contribution in [0.5, 0.6) is 11.5 Å². The molecule has 11 nitrogen and oxygen atoms in total. The molecule has 1 aliphatic rings. The second-order valence-corrected chi connectivity index (χ2v) is 10.5. The first-order chi connectivity index (χ1) is 21.2. The summed E-state index contributed by atoms with van der Waals surface area (Å²) in [6, 6.07) is 17.8. The van der Waals surface area contributed by atoms with Crippen LogP contribution in [0.3, 0.4) is 0 Å². The molecule has 222 valence electrons. The third-order valence-corrected chi connectivity index (χ3v) is 7.82. The van der Waals surface area contributed by atoms with Crippen LogP contribution in [-0.4, -0.2) is 68.6 Å². The highest BCUT2D eigenvalue weighted by molar-refractivity contribution is 6.50. The number of phenols is 2.